The minimum atomic E-state index is -0.237. The zero-order valence-electron chi connectivity index (χ0n) is 7.68. The molecule has 0 N–H and O–H groups in total. The van der Waals surface area contributed by atoms with E-state index in [1.165, 1.54) is 6.08 Å². The van der Waals surface area contributed by atoms with E-state index in [1.807, 2.05) is 27.7 Å². The van der Waals surface area contributed by atoms with E-state index in [2.05, 4.69) is 0 Å². The molecule has 0 aliphatic rings. The Morgan fingerprint density at radius 1 is 1.55 bits per heavy atom. The molecule has 0 heterocycles. The lowest BCUT2D eigenvalue weighted by Gasteiger charge is -2.08. The summed E-state index contributed by atoms with van der Waals surface area (Å²) in [6.45, 7) is 7.62. The molecule has 0 bridgehead atoms. The van der Waals surface area contributed by atoms with Crippen molar-refractivity contribution in [3.8, 4) is 0 Å². The maximum absolute atomic E-state index is 10.9. The highest BCUT2D eigenvalue weighted by Crippen LogP contribution is 1.98. The van der Waals surface area contributed by atoms with Crippen LogP contribution < -0.4 is 0 Å². The molecule has 0 spiro atoms. The number of rotatable bonds is 3. The Morgan fingerprint density at radius 2 is 2.09 bits per heavy atom. The molecule has 0 aromatic rings. The van der Waals surface area contributed by atoms with Crippen LogP contribution in [0.5, 0.6) is 0 Å². The van der Waals surface area contributed by atoms with Crippen molar-refractivity contribution < 1.29 is 9.53 Å². The second kappa shape index (κ2) is 4.94. The largest absolute Gasteiger partial charge is 0.460 e. The van der Waals surface area contributed by atoms with Gasteiger partial charge in [-0.1, -0.05) is 12.5 Å². The van der Waals surface area contributed by atoms with Gasteiger partial charge in [-0.05, 0) is 27.2 Å². The average molecular weight is 156 g/mol. The highest BCUT2D eigenvalue weighted by Gasteiger charge is 2.03. The molecule has 0 aromatic carbocycles. The number of allylic oxidation sites excluding steroid dienone is 1. The van der Waals surface area contributed by atoms with Crippen molar-refractivity contribution in [1.29, 1.82) is 0 Å². The van der Waals surface area contributed by atoms with E-state index < -0.39 is 0 Å². The normalized spacial score (nSPS) is 12.0. The molecule has 1 unspecified atom stereocenters. The molecule has 0 fully saturated rings. The second-order valence-corrected chi connectivity index (χ2v) is 2.88. The lowest BCUT2D eigenvalue weighted by atomic mass is 10.3. The van der Waals surface area contributed by atoms with Crippen LogP contribution >= 0.6 is 0 Å². The van der Waals surface area contributed by atoms with Gasteiger partial charge in [0, 0.05) is 6.08 Å². The molecular formula is C9H16O2. The number of hydrogen-bond acceptors (Lipinski definition) is 2. The Hall–Kier alpha value is -0.790. The molecule has 0 amide bonds. The minimum absolute atomic E-state index is 0.0260. The number of esters is 1. The molecule has 0 radical (unpaired) electrons. The molecule has 0 aliphatic carbocycles. The van der Waals surface area contributed by atoms with Crippen LogP contribution in [0, 0.1) is 0 Å². The summed E-state index contributed by atoms with van der Waals surface area (Å²) in [5.74, 6) is -0.237. The van der Waals surface area contributed by atoms with Crippen LogP contribution in [-0.4, -0.2) is 12.1 Å². The predicted octanol–water partition coefficient (Wildman–Crippen LogP) is 2.29. The number of ether oxygens (including phenoxy) is 1. The van der Waals surface area contributed by atoms with Crippen molar-refractivity contribution in [2.24, 2.45) is 0 Å². The fourth-order valence-electron chi connectivity index (χ4n) is 0.551. The standard InChI is InChI=1S/C9H16O2/c1-5-8(4)11-9(10)6-7(2)3/h6,8H,5H2,1-4H3. The smallest absolute Gasteiger partial charge is 0.330 e. The fourth-order valence-corrected chi connectivity index (χ4v) is 0.551. The summed E-state index contributed by atoms with van der Waals surface area (Å²) in [6.07, 6.45) is 2.40. The fraction of sp³-hybridized carbons (Fsp3) is 0.667. The number of carbonyl (C=O) groups is 1. The zero-order chi connectivity index (χ0) is 8.85. The van der Waals surface area contributed by atoms with Gasteiger partial charge < -0.3 is 4.74 Å². The molecule has 1 atom stereocenters. The monoisotopic (exact) mass is 156 g/mol. The first-order valence-corrected chi connectivity index (χ1v) is 3.91. The maximum atomic E-state index is 10.9. The first kappa shape index (κ1) is 10.2. The Bertz CT molecular complexity index is 155. The van der Waals surface area contributed by atoms with Crippen molar-refractivity contribution >= 4 is 5.97 Å². The minimum Gasteiger partial charge on any atom is -0.460 e. The molecule has 2 nitrogen and oxygen atoms in total. The van der Waals surface area contributed by atoms with Crippen molar-refractivity contribution in [1.82, 2.24) is 0 Å². The highest BCUT2D eigenvalue weighted by molar-refractivity contribution is 5.82. The summed E-state index contributed by atoms with van der Waals surface area (Å²) in [5.41, 5.74) is 0.971. The summed E-state index contributed by atoms with van der Waals surface area (Å²) in [6, 6.07) is 0. The SMILES string of the molecule is CCC(C)OC(=O)C=C(C)C. The molecule has 0 aliphatic heterocycles. The van der Waals surface area contributed by atoms with Gasteiger partial charge in [0.15, 0.2) is 0 Å². The summed E-state index contributed by atoms with van der Waals surface area (Å²) in [7, 11) is 0. The molecule has 0 aromatic heterocycles. The number of hydrogen-bond donors (Lipinski definition) is 0. The summed E-state index contributed by atoms with van der Waals surface area (Å²) in [4.78, 5) is 10.9. The topological polar surface area (TPSA) is 26.3 Å². The third-order valence-electron chi connectivity index (χ3n) is 1.30. The van der Waals surface area contributed by atoms with Gasteiger partial charge in [-0.25, -0.2) is 4.79 Å². The van der Waals surface area contributed by atoms with E-state index in [0.717, 1.165) is 12.0 Å². The van der Waals surface area contributed by atoms with Crippen LogP contribution in [0.1, 0.15) is 34.1 Å². The van der Waals surface area contributed by atoms with Gasteiger partial charge in [0.2, 0.25) is 0 Å². The summed E-state index contributed by atoms with van der Waals surface area (Å²) >= 11 is 0. The molecule has 0 saturated heterocycles. The van der Waals surface area contributed by atoms with Crippen molar-refractivity contribution in [3.05, 3.63) is 11.6 Å². The Kier molecular flexibility index (Phi) is 4.59. The van der Waals surface area contributed by atoms with Gasteiger partial charge in [-0.3, -0.25) is 0 Å². The molecule has 11 heavy (non-hydrogen) atoms. The average Bonchev–Trinajstić information content (AvgIpc) is 1.85. The van der Waals surface area contributed by atoms with E-state index in [9.17, 15) is 4.79 Å². The second-order valence-electron chi connectivity index (χ2n) is 2.88. The quantitative estimate of drug-likeness (QED) is 0.463. The van der Waals surface area contributed by atoms with Crippen LogP contribution in [-0.2, 0) is 9.53 Å². The van der Waals surface area contributed by atoms with Gasteiger partial charge >= 0.3 is 5.97 Å². The van der Waals surface area contributed by atoms with Crippen LogP contribution in [0.4, 0.5) is 0 Å². The third kappa shape index (κ3) is 5.64. The van der Waals surface area contributed by atoms with Crippen LogP contribution in [0.3, 0.4) is 0 Å². The molecular weight excluding hydrogens is 140 g/mol. The predicted molar refractivity (Wildman–Crippen MR) is 45.3 cm³/mol. The molecule has 2 heteroatoms. The van der Waals surface area contributed by atoms with Gasteiger partial charge in [0.05, 0.1) is 6.10 Å². The zero-order valence-corrected chi connectivity index (χ0v) is 7.68. The molecule has 0 rings (SSSR count). The van der Waals surface area contributed by atoms with E-state index in [0.29, 0.717) is 0 Å². The maximum Gasteiger partial charge on any atom is 0.330 e. The first-order chi connectivity index (χ1) is 5.06. The Morgan fingerprint density at radius 3 is 2.45 bits per heavy atom. The summed E-state index contributed by atoms with van der Waals surface area (Å²) in [5, 5.41) is 0. The number of carbonyl (C=O) groups excluding carboxylic acids is 1. The molecule has 0 saturated carbocycles. The molecule has 64 valence electrons. The highest BCUT2D eigenvalue weighted by atomic mass is 16.5. The first-order valence-electron chi connectivity index (χ1n) is 3.91. The van der Waals surface area contributed by atoms with Crippen molar-refractivity contribution in [3.63, 3.8) is 0 Å². The Labute approximate surface area is 68.2 Å². The van der Waals surface area contributed by atoms with Crippen molar-refractivity contribution in [2.75, 3.05) is 0 Å². The van der Waals surface area contributed by atoms with Crippen LogP contribution in [0.25, 0.3) is 0 Å². The third-order valence-corrected chi connectivity index (χ3v) is 1.30. The van der Waals surface area contributed by atoms with E-state index >= 15 is 0 Å². The van der Waals surface area contributed by atoms with Crippen LogP contribution in [0.15, 0.2) is 11.6 Å². The van der Waals surface area contributed by atoms with Crippen molar-refractivity contribution in [2.45, 2.75) is 40.2 Å². The van der Waals surface area contributed by atoms with Gasteiger partial charge in [0.25, 0.3) is 0 Å². The van der Waals surface area contributed by atoms with E-state index in [4.69, 9.17) is 4.74 Å². The Balaban J connectivity index is 3.79. The van der Waals surface area contributed by atoms with E-state index in [-0.39, 0.29) is 12.1 Å². The lowest BCUT2D eigenvalue weighted by molar-refractivity contribution is -0.142. The van der Waals surface area contributed by atoms with Gasteiger partial charge in [-0.15, -0.1) is 0 Å². The van der Waals surface area contributed by atoms with Gasteiger partial charge in [0.1, 0.15) is 0 Å². The van der Waals surface area contributed by atoms with E-state index in [1.54, 1.807) is 0 Å². The van der Waals surface area contributed by atoms with Crippen LogP contribution in [0.2, 0.25) is 0 Å². The lowest BCUT2D eigenvalue weighted by Crippen LogP contribution is -2.11. The summed E-state index contributed by atoms with van der Waals surface area (Å²) < 4.78 is 5.00. The van der Waals surface area contributed by atoms with Gasteiger partial charge in [-0.2, -0.15) is 0 Å².